The number of amides is 2. The minimum absolute atomic E-state index is 0.0173. The number of rotatable bonds is 10. The van der Waals surface area contributed by atoms with Gasteiger partial charge in [-0.25, -0.2) is 0 Å². The summed E-state index contributed by atoms with van der Waals surface area (Å²) in [5, 5.41) is 6.46. The van der Waals surface area contributed by atoms with E-state index in [-0.39, 0.29) is 35.5 Å². The molecule has 1 heterocycles. The van der Waals surface area contributed by atoms with Crippen molar-refractivity contribution >= 4 is 17.8 Å². The van der Waals surface area contributed by atoms with Gasteiger partial charge in [0, 0.05) is 39.9 Å². The predicted molar refractivity (Wildman–Crippen MR) is 104 cm³/mol. The molecule has 7 heteroatoms. The first-order valence-corrected chi connectivity index (χ1v) is 10.2. The summed E-state index contributed by atoms with van der Waals surface area (Å²) >= 11 is 0. The zero-order valence-electron chi connectivity index (χ0n) is 16.4. The third-order valence-corrected chi connectivity index (χ3v) is 5.81. The summed E-state index contributed by atoms with van der Waals surface area (Å²) in [5.41, 5.74) is 0. The summed E-state index contributed by atoms with van der Waals surface area (Å²) in [4.78, 5) is 31.4. The van der Waals surface area contributed by atoms with Gasteiger partial charge in [-0.3, -0.25) is 19.5 Å². The van der Waals surface area contributed by atoms with E-state index in [4.69, 9.17) is 4.74 Å². The van der Waals surface area contributed by atoms with Gasteiger partial charge in [-0.05, 0) is 44.4 Å². The lowest BCUT2D eigenvalue weighted by Crippen LogP contribution is -2.43. The number of hydrogen-bond donors (Lipinski definition) is 2. The van der Waals surface area contributed by atoms with Crippen LogP contribution < -0.4 is 10.6 Å². The lowest BCUT2D eigenvalue weighted by Gasteiger charge is -2.18. The smallest absolute Gasteiger partial charge is 0.233 e. The molecule has 7 nitrogen and oxygen atoms in total. The Morgan fingerprint density at radius 1 is 1.15 bits per heavy atom. The number of carbonyl (C=O) groups is 2. The van der Waals surface area contributed by atoms with Crippen LogP contribution in [0.15, 0.2) is 17.1 Å². The Balaban J connectivity index is 1.43. The van der Waals surface area contributed by atoms with E-state index in [1.54, 1.807) is 7.11 Å². The van der Waals surface area contributed by atoms with Crippen LogP contribution in [0.25, 0.3) is 0 Å². The number of nitrogens with zero attached hydrogens (tertiary/aromatic N) is 2. The molecule has 2 amide bonds. The Kier molecular flexibility index (Phi) is 6.88. The summed E-state index contributed by atoms with van der Waals surface area (Å²) in [5.74, 6) is 1.10. The van der Waals surface area contributed by atoms with Crippen LogP contribution in [0.2, 0.25) is 0 Å². The normalized spacial score (nSPS) is 29.0. The molecule has 0 radical (unpaired) electrons. The van der Waals surface area contributed by atoms with Crippen molar-refractivity contribution in [1.82, 2.24) is 15.5 Å². The number of nitrogens with one attached hydrogen (secondary N) is 2. The van der Waals surface area contributed by atoms with E-state index in [0.717, 1.165) is 51.3 Å². The second kappa shape index (κ2) is 9.35. The van der Waals surface area contributed by atoms with Crippen LogP contribution in [0, 0.1) is 23.7 Å². The van der Waals surface area contributed by atoms with E-state index in [2.05, 4.69) is 27.8 Å². The molecule has 2 bridgehead atoms. The second-order valence-corrected chi connectivity index (χ2v) is 7.57. The van der Waals surface area contributed by atoms with Gasteiger partial charge in [-0.15, -0.1) is 0 Å². The maximum Gasteiger partial charge on any atom is 0.233 e. The van der Waals surface area contributed by atoms with Gasteiger partial charge in [0.15, 0.2) is 5.96 Å². The number of hydrogen-bond acceptors (Lipinski definition) is 4. The number of allylic oxidation sites excluding steroid dienone is 2. The lowest BCUT2D eigenvalue weighted by molar-refractivity contribution is -0.140. The first-order valence-electron chi connectivity index (χ1n) is 10.2. The number of fused-ring (bicyclic) bond motifs is 5. The molecule has 3 rings (SSSR count). The highest BCUT2D eigenvalue weighted by Crippen LogP contribution is 2.52. The molecule has 1 aliphatic heterocycles. The van der Waals surface area contributed by atoms with Gasteiger partial charge < -0.3 is 15.4 Å². The van der Waals surface area contributed by atoms with E-state index >= 15 is 0 Å². The third-order valence-electron chi connectivity index (χ3n) is 5.81. The fraction of sp³-hybridized carbons (Fsp3) is 0.750. The molecule has 1 saturated heterocycles. The topological polar surface area (TPSA) is 83.0 Å². The van der Waals surface area contributed by atoms with Gasteiger partial charge in [-0.2, -0.15) is 0 Å². The van der Waals surface area contributed by atoms with Crippen LogP contribution in [0.5, 0.6) is 0 Å². The molecule has 2 fully saturated rings. The average Bonchev–Trinajstić information content (AvgIpc) is 3.34. The van der Waals surface area contributed by atoms with E-state index < -0.39 is 0 Å². The Morgan fingerprint density at radius 3 is 2.48 bits per heavy atom. The molecule has 0 aromatic carbocycles. The maximum atomic E-state index is 12.7. The summed E-state index contributed by atoms with van der Waals surface area (Å²) in [7, 11) is 1.72. The number of carbonyl (C=O) groups excluding carboxylic acids is 2. The van der Waals surface area contributed by atoms with Gasteiger partial charge >= 0.3 is 0 Å². The van der Waals surface area contributed by atoms with Gasteiger partial charge in [0.1, 0.15) is 0 Å². The highest BCUT2D eigenvalue weighted by atomic mass is 16.5. The van der Waals surface area contributed by atoms with Crippen LogP contribution in [-0.2, 0) is 14.3 Å². The number of ether oxygens (including phenoxy) is 1. The Bertz CT molecular complexity index is 574. The largest absolute Gasteiger partial charge is 0.385 e. The van der Waals surface area contributed by atoms with Crippen molar-refractivity contribution in [3.63, 3.8) is 0 Å². The van der Waals surface area contributed by atoms with Crippen molar-refractivity contribution in [2.75, 3.05) is 39.9 Å². The highest BCUT2D eigenvalue weighted by molar-refractivity contribution is 6.06. The van der Waals surface area contributed by atoms with E-state index in [9.17, 15) is 9.59 Å². The van der Waals surface area contributed by atoms with Crippen LogP contribution in [-0.4, -0.2) is 62.6 Å². The monoisotopic (exact) mass is 376 g/mol. The van der Waals surface area contributed by atoms with Crippen LogP contribution in [0.3, 0.4) is 0 Å². The molecule has 2 aliphatic carbocycles. The van der Waals surface area contributed by atoms with E-state index in [1.165, 1.54) is 4.90 Å². The fourth-order valence-electron chi connectivity index (χ4n) is 4.54. The molecule has 4 unspecified atom stereocenters. The first-order chi connectivity index (χ1) is 13.2. The molecule has 0 aromatic rings. The molecule has 2 N–H and O–H groups in total. The van der Waals surface area contributed by atoms with Gasteiger partial charge in [0.05, 0.1) is 11.8 Å². The minimum atomic E-state index is -0.110. The highest BCUT2D eigenvalue weighted by Gasteiger charge is 2.58. The molecule has 27 heavy (non-hydrogen) atoms. The first kappa shape index (κ1) is 19.9. The number of methoxy groups -OCH3 is 1. The molecule has 0 spiro atoms. The SMILES string of the molecule is CCNC(=NCCCCCOC)NCCN1C(=O)C2C3C=CC(C3)C2C1=O. The summed E-state index contributed by atoms with van der Waals surface area (Å²) in [6.45, 7) is 5.26. The molecular weight excluding hydrogens is 344 g/mol. The molecule has 150 valence electrons. The number of guanidine groups is 1. The number of imide groups is 1. The minimum Gasteiger partial charge on any atom is -0.385 e. The second-order valence-electron chi connectivity index (χ2n) is 7.57. The standard InChI is InChI=1S/C20H32N4O3/c1-3-21-20(22-9-5-4-6-12-27-2)23-10-11-24-18(25)16-14-7-8-15(13-14)17(16)19(24)26/h7-8,14-17H,3-6,9-13H2,1-2H3,(H2,21,22,23). The lowest BCUT2D eigenvalue weighted by atomic mass is 9.85. The molecule has 4 atom stereocenters. The molecule has 3 aliphatic rings. The van der Waals surface area contributed by atoms with Crippen molar-refractivity contribution in [2.45, 2.75) is 32.6 Å². The van der Waals surface area contributed by atoms with Crippen LogP contribution in [0.4, 0.5) is 0 Å². The van der Waals surface area contributed by atoms with Crippen molar-refractivity contribution in [3.05, 3.63) is 12.2 Å². The summed E-state index contributed by atoms with van der Waals surface area (Å²) < 4.78 is 5.05. The number of likely N-dealkylation sites (tertiary alicyclic amines) is 1. The van der Waals surface area contributed by atoms with E-state index in [0.29, 0.717) is 13.1 Å². The quantitative estimate of drug-likeness (QED) is 0.197. The summed E-state index contributed by atoms with van der Waals surface area (Å²) in [6.07, 6.45) is 8.38. The Labute approximate surface area is 161 Å². The Hall–Kier alpha value is -1.89. The molecular formula is C20H32N4O3. The third kappa shape index (κ3) is 4.34. The van der Waals surface area contributed by atoms with Crippen molar-refractivity contribution in [1.29, 1.82) is 0 Å². The molecule has 0 aromatic heterocycles. The maximum absolute atomic E-state index is 12.7. The summed E-state index contributed by atoms with van der Waals surface area (Å²) in [6, 6.07) is 0. The number of unbranched alkanes of at least 4 members (excludes halogenated alkanes) is 2. The molecule has 1 saturated carbocycles. The predicted octanol–water partition coefficient (Wildman–Crippen LogP) is 1.17. The zero-order valence-corrected chi connectivity index (χ0v) is 16.4. The van der Waals surface area contributed by atoms with E-state index in [1.807, 2.05) is 6.92 Å². The zero-order chi connectivity index (χ0) is 19.2. The van der Waals surface area contributed by atoms with Crippen molar-refractivity contribution in [3.8, 4) is 0 Å². The Morgan fingerprint density at radius 2 is 1.85 bits per heavy atom. The van der Waals surface area contributed by atoms with Crippen LogP contribution in [0.1, 0.15) is 32.6 Å². The van der Waals surface area contributed by atoms with Crippen molar-refractivity contribution < 1.29 is 14.3 Å². The average molecular weight is 377 g/mol. The van der Waals surface area contributed by atoms with Crippen LogP contribution >= 0.6 is 0 Å². The van der Waals surface area contributed by atoms with Gasteiger partial charge in [-0.1, -0.05) is 12.2 Å². The van der Waals surface area contributed by atoms with Gasteiger partial charge in [0.25, 0.3) is 0 Å². The van der Waals surface area contributed by atoms with Gasteiger partial charge in [0.2, 0.25) is 11.8 Å². The number of aliphatic imine (C=N–C) groups is 1. The fourth-order valence-corrected chi connectivity index (χ4v) is 4.54. The van der Waals surface area contributed by atoms with Crippen molar-refractivity contribution in [2.24, 2.45) is 28.7 Å².